The van der Waals surface area contributed by atoms with Gasteiger partial charge in [0.2, 0.25) is 6.41 Å². The second-order valence-corrected chi connectivity index (χ2v) is 5.71. The second kappa shape index (κ2) is 6.74. The van der Waals surface area contributed by atoms with E-state index >= 15 is 0 Å². The summed E-state index contributed by atoms with van der Waals surface area (Å²) in [5.74, 6) is 0.670. The van der Waals surface area contributed by atoms with Crippen LogP contribution < -0.4 is 4.74 Å². The largest absolute Gasteiger partial charge is 0.497 e. The van der Waals surface area contributed by atoms with E-state index in [-0.39, 0.29) is 5.91 Å². The molecule has 0 radical (unpaired) electrons. The van der Waals surface area contributed by atoms with E-state index in [9.17, 15) is 9.59 Å². The topological polar surface area (TPSA) is 67.7 Å². The Bertz CT molecular complexity index is 731. The summed E-state index contributed by atoms with van der Waals surface area (Å²) in [4.78, 5) is 26.8. The lowest BCUT2D eigenvalue weighted by Gasteiger charge is -2.32. The number of ether oxygens (including phenoxy) is 1. The molecule has 1 aromatic carbocycles. The summed E-state index contributed by atoms with van der Waals surface area (Å²) in [6, 6.07) is 9.30. The van der Waals surface area contributed by atoms with Gasteiger partial charge in [-0.1, -0.05) is 0 Å². The summed E-state index contributed by atoms with van der Waals surface area (Å²) in [5, 5.41) is 4.45. The summed E-state index contributed by atoms with van der Waals surface area (Å²) in [7, 11) is 1.62. The van der Waals surface area contributed by atoms with E-state index in [4.69, 9.17) is 4.74 Å². The van der Waals surface area contributed by atoms with E-state index in [0.717, 1.165) is 23.5 Å². The molecule has 0 bridgehead atoms. The molecule has 7 nitrogen and oxygen atoms in total. The summed E-state index contributed by atoms with van der Waals surface area (Å²) in [6.45, 7) is 4.11. The number of rotatable bonds is 4. The summed E-state index contributed by atoms with van der Waals surface area (Å²) >= 11 is 0. The fraction of sp³-hybridized carbons (Fsp3) is 0.353. The maximum Gasteiger partial charge on any atom is 0.274 e. The van der Waals surface area contributed by atoms with Gasteiger partial charge in [0.1, 0.15) is 5.75 Å². The smallest absolute Gasteiger partial charge is 0.274 e. The molecule has 0 atom stereocenters. The standard InChI is InChI=1S/C17H20N4O3/c1-13-11-16(17(23)20-9-7-19(12-22)8-10-20)18-21(13)14-3-5-15(24-2)6-4-14/h3-6,11-12H,7-10H2,1-2H3. The zero-order chi connectivity index (χ0) is 17.1. The maximum atomic E-state index is 12.6. The van der Waals surface area contributed by atoms with Crippen LogP contribution in [0.3, 0.4) is 0 Å². The van der Waals surface area contributed by atoms with Gasteiger partial charge in [-0.15, -0.1) is 0 Å². The van der Waals surface area contributed by atoms with Crippen LogP contribution in [0, 0.1) is 6.92 Å². The average Bonchev–Trinajstić information content (AvgIpc) is 3.03. The first-order valence-corrected chi connectivity index (χ1v) is 7.82. The Labute approximate surface area is 140 Å². The Hall–Kier alpha value is -2.83. The van der Waals surface area contributed by atoms with Crippen LogP contribution in [0.2, 0.25) is 0 Å². The molecule has 1 fully saturated rings. The van der Waals surface area contributed by atoms with Gasteiger partial charge in [-0.3, -0.25) is 9.59 Å². The summed E-state index contributed by atoms with van der Waals surface area (Å²) in [6.07, 6.45) is 0.824. The van der Waals surface area contributed by atoms with Gasteiger partial charge in [-0.05, 0) is 37.3 Å². The molecule has 2 aromatic rings. The number of aryl methyl sites for hydroxylation is 1. The SMILES string of the molecule is COc1ccc(-n2nc(C(=O)N3CCN(C=O)CC3)cc2C)cc1. The average molecular weight is 328 g/mol. The highest BCUT2D eigenvalue weighted by Crippen LogP contribution is 2.17. The van der Waals surface area contributed by atoms with Crippen molar-refractivity contribution < 1.29 is 14.3 Å². The number of hydrogen-bond acceptors (Lipinski definition) is 4. The lowest BCUT2D eigenvalue weighted by molar-refractivity contribution is -0.119. The number of aromatic nitrogens is 2. The number of benzene rings is 1. The van der Waals surface area contributed by atoms with Crippen molar-refractivity contribution in [2.75, 3.05) is 33.3 Å². The zero-order valence-corrected chi connectivity index (χ0v) is 13.8. The van der Waals surface area contributed by atoms with Crippen LogP contribution in [0.1, 0.15) is 16.2 Å². The van der Waals surface area contributed by atoms with E-state index in [0.29, 0.717) is 31.9 Å². The first kappa shape index (κ1) is 16.0. The molecule has 1 aromatic heterocycles. The number of hydrogen-bond donors (Lipinski definition) is 0. The predicted octanol–water partition coefficient (Wildman–Crippen LogP) is 1.10. The van der Waals surface area contributed by atoms with E-state index in [1.807, 2.05) is 31.2 Å². The molecule has 2 heterocycles. The fourth-order valence-corrected chi connectivity index (χ4v) is 2.76. The number of methoxy groups -OCH3 is 1. The van der Waals surface area contributed by atoms with Crippen molar-refractivity contribution >= 4 is 12.3 Å². The number of nitrogens with zero attached hydrogens (tertiary/aromatic N) is 4. The molecular weight excluding hydrogens is 308 g/mol. The van der Waals surface area contributed by atoms with Crippen LogP contribution in [-0.4, -0.2) is 65.2 Å². The lowest BCUT2D eigenvalue weighted by atomic mass is 10.2. The Morgan fingerprint density at radius 1 is 1.17 bits per heavy atom. The Morgan fingerprint density at radius 3 is 2.42 bits per heavy atom. The van der Waals surface area contributed by atoms with Gasteiger partial charge < -0.3 is 14.5 Å². The minimum atomic E-state index is -0.101. The van der Waals surface area contributed by atoms with Crippen molar-refractivity contribution in [2.45, 2.75) is 6.92 Å². The summed E-state index contributed by atoms with van der Waals surface area (Å²) in [5.41, 5.74) is 2.18. The molecule has 7 heteroatoms. The third kappa shape index (κ3) is 3.10. The highest BCUT2D eigenvalue weighted by Gasteiger charge is 2.23. The minimum Gasteiger partial charge on any atom is -0.497 e. The van der Waals surface area contributed by atoms with E-state index in [1.54, 1.807) is 27.7 Å². The van der Waals surface area contributed by atoms with Crippen molar-refractivity contribution in [1.82, 2.24) is 19.6 Å². The third-order valence-electron chi connectivity index (χ3n) is 4.17. The van der Waals surface area contributed by atoms with Crippen molar-refractivity contribution in [3.05, 3.63) is 41.7 Å². The third-order valence-corrected chi connectivity index (χ3v) is 4.17. The van der Waals surface area contributed by atoms with E-state index in [2.05, 4.69) is 5.10 Å². The molecule has 0 unspecified atom stereocenters. The van der Waals surface area contributed by atoms with Crippen molar-refractivity contribution in [3.63, 3.8) is 0 Å². The Kier molecular flexibility index (Phi) is 4.50. The van der Waals surface area contributed by atoms with Gasteiger partial charge in [0.15, 0.2) is 5.69 Å². The van der Waals surface area contributed by atoms with E-state index < -0.39 is 0 Å². The van der Waals surface area contributed by atoms with Crippen LogP contribution in [0.5, 0.6) is 5.75 Å². The Balaban J connectivity index is 1.78. The van der Waals surface area contributed by atoms with Crippen molar-refractivity contribution in [1.29, 1.82) is 0 Å². The first-order valence-electron chi connectivity index (χ1n) is 7.82. The second-order valence-electron chi connectivity index (χ2n) is 5.71. The minimum absolute atomic E-state index is 0.101. The highest BCUT2D eigenvalue weighted by atomic mass is 16.5. The number of piperazine rings is 1. The molecule has 0 saturated carbocycles. The molecule has 0 N–H and O–H groups in total. The monoisotopic (exact) mass is 328 g/mol. The van der Waals surface area contributed by atoms with Gasteiger partial charge in [0.25, 0.3) is 5.91 Å². The molecule has 24 heavy (non-hydrogen) atoms. The molecule has 126 valence electrons. The molecule has 3 rings (SSSR count). The van der Waals surface area contributed by atoms with Gasteiger partial charge in [0.05, 0.1) is 12.8 Å². The molecule has 2 amide bonds. The predicted molar refractivity (Wildman–Crippen MR) is 88.4 cm³/mol. The normalized spacial score (nSPS) is 14.6. The molecule has 1 saturated heterocycles. The van der Waals surface area contributed by atoms with Gasteiger partial charge >= 0.3 is 0 Å². The molecule has 1 aliphatic rings. The molecule has 0 aliphatic carbocycles. The van der Waals surface area contributed by atoms with Gasteiger partial charge in [-0.25, -0.2) is 4.68 Å². The van der Waals surface area contributed by atoms with Crippen LogP contribution >= 0.6 is 0 Å². The summed E-state index contributed by atoms with van der Waals surface area (Å²) < 4.78 is 6.90. The van der Waals surface area contributed by atoms with Crippen molar-refractivity contribution in [3.8, 4) is 11.4 Å². The lowest BCUT2D eigenvalue weighted by Crippen LogP contribution is -2.48. The molecular formula is C17H20N4O3. The van der Waals surface area contributed by atoms with Gasteiger partial charge in [0, 0.05) is 31.9 Å². The van der Waals surface area contributed by atoms with Crippen molar-refractivity contribution in [2.24, 2.45) is 0 Å². The molecule has 0 spiro atoms. The number of amides is 2. The fourth-order valence-electron chi connectivity index (χ4n) is 2.76. The van der Waals surface area contributed by atoms with E-state index in [1.165, 1.54) is 0 Å². The van der Waals surface area contributed by atoms with Crippen LogP contribution in [-0.2, 0) is 4.79 Å². The van der Waals surface area contributed by atoms with Crippen LogP contribution in [0.4, 0.5) is 0 Å². The molecule has 1 aliphatic heterocycles. The highest BCUT2D eigenvalue weighted by molar-refractivity contribution is 5.92. The first-order chi connectivity index (χ1) is 11.6. The maximum absolute atomic E-state index is 12.6. The number of carbonyl (C=O) groups excluding carboxylic acids is 2. The quantitative estimate of drug-likeness (QED) is 0.789. The van der Waals surface area contributed by atoms with Crippen LogP contribution in [0.15, 0.2) is 30.3 Å². The van der Waals surface area contributed by atoms with Crippen LogP contribution in [0.25, 0.3) is 5.69 Å². The van der Waals surface area contributed by atoms with Gasteiger partial charge in [-0.2, -0.15) is 5.10 Å². The number of carbonyl (C=O) groups is 2. The Morgan fingerprint density at radius 2 is 1.83 bits per heavy atom. The zero-order valence-electron chi connectivity index (χ0n) is 13.8.